The molecule has 1 heterocycles. The summed E-state index contributed by atoms with van der Waals surface area (Å²) in [4.78, 5) is 12.7. The Labute approximate surface area is 139 Å². The maximum atomic E-state index is 12.7. The third-order valence-corrected chi connectivity index (χ3v) is 4.00. The van der Waals surface area contributed by atoms with Crippen molar-refractivity contribution >= 4 is 5.78 Å². The summed E-state index contributed by atoms with van der Waals surface area (Å²) in [6.45, 7) is 0. The van der Waals surface area contributed by atoms with Gasteiger partial charge in [-0.25, -0.2) is 0 Å². The van der Waals surface area contributed by atoms with Crippen molar-refractivity contribution in [1.29, 1.82) is 0 Å². The number of phenols is 1. The zero-order valence-electron chi connectivity index (χ0n) is 13.7. The number of carbonyl (C=O) groups is 1. The van der Waals surface area contributed by atoms with E-state index in [4.69, 9.17) is 18.9 Å². The Morgan fingerprint density at radius 2 is 1.79 bits per heavy atom. The minimum atomic E-state index is -0.540. The Balaban J connectivity index is 2.13. The van der Waals surface area contributed by atoms with Crippen LogP contribution in [0.3, 0.4) is 0 Å². The monoisotopic (exact) mass is 330 g/mol. The standard InChI is InChI=1S/C18H18O6/c1-21-13-7-5-4-6-10(13)14-8-11(19)16-15(22-2)9-12(20)17(23-3)18(16)24-14/h4-7,9,14,20H,8H2,1-3H3/t14-/m0/s1. The molecule has 3 rings (SSSR count). The van der Waals surface area contributed by atoms with Crippen molar-refractivity contribution in [1.82, 2.24) is 0 Å². The number of Topliss-reactive ketones (excluding diaryl/α,β-unsaturated/α-hetero) is 1. The number of fused-ring (bicyclic) bond motifs is 1. The number of phenolic OH excluding ortho intramolecular Hbond substituents is 1. The lowest BCUT2D eigenvalue weighted by Crippen LogP contribution is -2.22. The highest BCUT2D eigenvalue weighted by Crippen LogP contribution is 2.50. The number of carbonyl (C=O) groups excluding carboxylic acids is 1. The van der Waals surface area contributed by atoms with Crippen LogP contribution < -0.4 is 18.9 Å². The summed E-state index contributed by atoms with van der Waals surface area (Å²) in [6, 6.07) is 8.69. The van der Waals surface area contributed by atoms with Gasteiger partial charge in [-0.3, -0.25) is 4.79 Å². The molecule has 1 atom stereocenters. The number of hydrogen-bond donors (Lipinski definition) is 1. The molecular weight excluding hydrogens is 312 g/mol. The van der Waals surface area contributed by atoms with Crippen LogP contribution in [-0.4, -0.2) is 32.2 Å². The molecule has 0 aromatic heterocycles. The van der Waals surface area contributed by atoms with Crippen LogP contribution in [0.1, 0.15) is 28.4 Å². The second-order valence-corrected chi connectivity index (χ2v) is 5.31. The van der Waals surface area contributed by atoms with Gasteiger partial charge >= 0.3 is 0 Å². The van der Waals surface area contributed by atoms with Gasteiger partial charge in [0.1, 0.15) is 23.2 Å². The summed E-state index contributed by atoms with van der Waals surface area (Å²) in [7, 11) is 4.40. The molecule has 0 unspecified atom stereocenters. The molecule has 1 aliphatic heterocycles. The first-order valence-electron chi connectivity index (χ1n) is 7.41. The fourth-order valence-corrected chi connectivity index (χ4v) is 2.90. The smallest absolute Gasteiger partial charge is 0.204 e. The normalized spacial score (nSPS) is 16.1. The van der Waals surface area contributed by atoms with E-state index in [9.17, 15) is 9.90 Å². The second kappa shape index (κ2) is 6.31. The molecule has 0 radical (unpaired) electrons. The van der Waals surface area contributed by atoms with Gasteiger partial charge in [-0.15, -0.1) is 0 Å². The molecule has 0 fully saturated rings. The Bertz CT molecular complexity index is 783. The highest BCUT2D eigenvalue weighted by molar-refractivity contribution is 6.04. The van der Waals surface area contributed by atoms with Crippen LogP contribution in [0.15, 0.2) is 30.3 Å². The van der Waals surface area contributed by atoms with Crippen LogP contribution in [0.5, 0.6) is 28.7 Å². The zero-order chi connectivity index (χ0) is 17.3. The van der Waals surface area contributed by atoms with Crippen molar-refractivity contribution in [2.45, 2.75) is 12.5 Å². The molecule has 2 aromatic carbocycles. The molecule has 0 amide bonds. The minimum absolute atomic E-state index is 0.110. The van der Waals surface area contributed by atoms with Crippen LogP contribution >= 0.6 is 0 Å². The van der Waals surface area contributed by atoms with Gasteiger partial charge in [-0.1, -0.05) is 18.2 Å². The van der Waals surface area contributed by atoms with Gasteiger partial charge < -0.3 is 24.1 Å². The third kappa shape index (κ3) is 2.50. The zero-order valence-corrected chi connectivity index (χ0v) is 13.7. The van der Waals surface area contributed by atoms with Crippen LogP contribution in [0.2, 0.25) is 0 Å². The largest absolute Gasteiger partial charge is 0.504 e. The minimum Gasteiger partial charge on any atom is -0.504 e. The van der Waals surface area contributed by atoms with Crippen molar-refractivity contribution in [3.63, 3.8) is 0 Å². The summed E-state index contributed by atoms with van der Waals surface area (Å²) in [5.74, 6) is 0.876. The average Bonchev–Trinajstić information content (AvgIpc) is 2.60. The van der Waals surface area contributed by atoms with E-state index in [1.807, 2.05) is 18.2 Å². The first kappa shape index (κ1) is 16.0. The number of ether oxygens (including phenoxy) is 4. The number of benzene rings is 2. The Morgan fingerprint density at radius 3 is 2.46 bits per heavy atom. The molecule has 0 saturated carbocycles. The van der Waals surface area contributed by atoms with Crippen LogP contribution in [0.25, 0.3) is 0 Å². The van der Waals surface area contributed by atoms with Gasteiger partial charge in [0.15, 0.2) is 17.3 Å². The number of rotatable bonds is 4. The third-order valence-electron chi connectivity index (χ3n) is 4.00. The highest BCUT2D eigenvalue weighted by atomic mass is 16.5. The van der Waals surface area contributed by atoms with Crippen molar-refractivity contribution in [2.75, 3.05) is 21.3 Å². The van der Waals surface area contributed by atoms with Gasteiger partial charge in [0.05, 0.1) is 27.8 Å². The van der Waals surface area contributed by atoms with Crippen molar-refractivity contribution in [3.8, 4) is 28.7 Å². The van der Waals surface area contributed by atoms with Crippen molar-refractivity contribution in [3.05, 3.63) is 41.5 Å². The predicted molar refractivity (Wildman–Crippen MR) is 86.5 cm³/mol. The maximum Gasteiger partial charge on any atom is 0.204 e. The summed E-state index contributed by atoms with van der Waals surface area (Å²) < 4.78 is 21.8. The van der Waals surface area contributed by atoms with Gasteiger partial charge in [0, 0.05) is 11.6 Å². The summed E-state index contributed by atoms with van der Waals surface area (Å²) in [6.07, 6.45) is -0.404. The van der Waals surface area contributed by atoms with Gasteiger partial charge in [0.2, 0.25) is 5.75 Å². The Hall–Kier alpha value is -2.89. The molecule has 0 bridgehead atoms. The molecule has 24 heavy (non-hydrogen) atoms. The molecule has 0 spiro atoms. The lowest BCUT2D eigenvalue weighted by molar-refractivity contribution is 0.0832. The number of hydrogen-bond acceptors (Lipinski definition) is 6. The van der Waals surface area contributed by atoms with Crippen molar-refractivity contribution < 1.29 is 28.8 Å². The van der Waals surface area contributed by atoms with E-state index in [0.717, 1.165) is 5.56 Å². The van der Waals surface area contributed by atoms with E-state index < -0.39 is 6.10 Å². The number of ketones is 1. The van der Waals surface area contributed by atoms with E-state index in [1.54, 1.807) is 13.2 Å². The lowest BCUT2D eigenvalue weighted by atomic mass is 9.94. The number of methoxy groups -OCH3 is 3. The average molecular weight is 330 g/mol. The van der Waals surface area contributed by atoms with E-state index >= 15 is 0 Å². The molecule has 2 aromatic rings. The van der Waals surface area contributed by atoms with Gasteiger partial charge in [-0.2, -0.15) is 0 Å². The summed E-state index contributed by atoms with van der Waals surface area (Å²) in [5, 5.41) is 10.1. The van der Waals surface area contributed by atoms with Crippen molar-refractivity contribution in [2.24, 2.45) is 0 Å². The molecule has 1 N–H and O–H groups in total. The molecule has 6 nitrogen and oxygen atoms in total. The number of para-hydroxylation sites is 1. The first-order chi connectivity index (χ1) is 11.6. The Morgan fingerprint density at radius 1 is 1.08 bits per heavy atom. The van der Waals surface area contributed by atoms with E-state index in [1.165, 1.54) is 20.3 Å². The highest BCUT2D eigenvalue weighted by Gasteiger charge is 2.35. The lowest BCUT2D eigenvalue weighted by Gasteiger charge is -2.29. The molecule has 0 aliphatic carbocycles. The molecule has 1 aliphatic rings. The van der Waals surface area contributed by atoms with Crippen LogP contribution in [0.4, 0.5) is 0 Å². The topological polar surface area (TPSA) is 74.2 Å². The summed E-state index contributed by atoms with van der Waals surface area (Å²) >= 11 is 0. The second-order valence-electron chi connectivity index (χ2n) is 5.31. The fraction of sp³-hybridized carbons (Fsp3) is 0.278. The maximum absolute atomic E-state index is 12.7. The van der Waals surface area contributed by atoms with Crippen LogP contribution in [-0.2, 0) is 0 Å². The molecule has 6 heteroatoms. The van der Waals surface area contributed by atoms with Gasteiger partial charge in [0.25, 0.3) is 0 Å². The Kier molecular flexibility index (Phi) is 4.20. The quantitative estimate of drug-likeness (QED) is 0.928. The number of aromatic hydroxyl groups is 1. The molecule has 0 saturated heterocycles. The summed E-state index contributed by atoms with van der Waals surface area (Å²) in [5.41, 5.74) is 1.03. The molecule has 126 valence electrons. The van der Waals surface area contributed by atoms with E-state index in [0.29, 0.717) is 5.75 Å². The fourth-order valence-electron chi connectivity index (χ4n) is 2.90. The van der Waals surface area contributed by atoms with Crippen LogP contribution in [0, 0.1) is 0 Å². The van der Waals surface area contributed by atoms with E-state index in [-0.39, 0.29) is 40.8 Å². The predicted octanol–water partition coefficient (Wildman–Crippen LogP) is 3.12. The van der Waals surface area contributed by atoms with Gasteiger partial charge in [-0.05, 0) is 6.07 Å². The first-order valence-corrected chi connectivity index (χ1v) is 7.41. The molecular formula is C18H18O6. The SMILES string of the molecule is COc1ccccc1[C@@H]1CC(=O)c2c(OC)cc(O)c(OC)c2O1. The van der Waals surface area contributed by atoms with E-state index in [2.05, 4.69) is 0 Å².